The molecule has 0 fully saturated rings. The molecule has 90 valence electrons. The van der Waals surface area contributed by atoms with Gasteiger partial charge in [0.1, 0.15) is 11.7 Å². The average molecular weight is 306 g/mol. The molecule has 1 heterocycles. The first-order valence-corrected chi connectivity index (χ1v) is 5.38. The number of fused-ring (bicyclic) bond motifs is 1. The Kier molecular flexibility index (Phi) is 2.86. The number of halogens is 3. The number of aliphatic carboxylic acids is 1. The lowest BCUT2D eigenvalue weighted by Crippen LogP contribution is -2.28. The van der Waals surface area contributed by atoms with Crippen LogP contribution in [0.4, 0.5) is 14.5 Å². The summed E-state index contributed by atoms with van der Waals surface area (Å²) >= 11 is 3.01. The van der Waals surface area contributed by atoms with Gasteiger partial charge in [0, 0.05) is 4.47 Å². The minimum absolute atomic E-state index is 0.0109. The van der Waals surface area contributed by atoms with E-state index in [4.69, 9.17) is 5.11 Å². The van der Waals surface area contributed by atoms with E-state index in [1.54, 1.807) is 0 Å². The van der Waals surface area contributed by atoms with Crippen LogP contribution in [0.5, 0.6) is 0 Å². The van der Waals surface area contributed by atoms with Crippen molar-refractivity contribution < 1.29 is 23.5 Å². The van der Waals surface area contributed by atoms with Gasteiger partial charge in [-0.1, -0.05) is 0 Å². The number of hydrogen-bond acceptors (Lipinski definition) is 2. The summed E-state index contributed by atoms with van der Waals surface area (Å²) in [5, 5.41) is 10.9. The van der Waals surface area contributed by atoms with E-state index in [1.807, 2.05) is 0 Å². The number of anilines is 1. The first kappa shape index (κ1) is 12.0. The number of alkyl halides is 1. The van der Waals surface area contributed by atoms with Gasteiger partial charge >= 0.3 is 5.97 Å². The zero-order valence-corrected chi connectivity index (χ0v) is 9.79. The third-order valence-electron chi connectivity index (χ3n) is 2.48. The van der Waals surface area contributed by atoms with E-state index in [1.165, 1.54) is 0 Å². The van der Waals surface area contributed by atoms with Crippen LogP contribution in [-0.2, 0) is 9.59 Å². The predicted molar refractivity (Wildman–Crippen MR) is 58.0 cm³/mol. The second kappa shape index (κ2) is 4.06. The molecule has 2 N–H and O–H groups in total. The van der Waals surface area contributed by atoms with Crippen molar-refractivity contribution in [3.8, 4) is 0 Å². The largest absolute Gasteiger partial charge is 0.479 e. The van der Waals surface area contributed by atoms with Gasteiger partial charge in [0.25, 0.3) is 0 Å². The quantitative estimate of drug-likeness (QED) is 0.879. The molecule has 1 aliphatic heterocycles. The van der Waals surface area contributed by atoms with Crippen LogP contribution in [0.2, 0.25) is 0 Å². The standard InChI is InChI=1S/C10H6BrF2NO3/c11-5-2-3(12)1-4-6(7(13)10(16)17)9(15)14-8(4)5/h1-2,6-7H,(H,14,15)(H,16,17). The van der Waals surface area contributed by atoms with E-state index in [9.17, 15) is 18.4 Å². The molecule has 2 unspecified atom stereocenters. The van der Waals surface area contributed by atoms with E-state index < -0.39 is 29.8 Å². The Hall–Kier alpha value is -1.50. The summed E-state index contributed by atoms with van der Waals surface area (Å²) in [5.74, 6) is -4.73. The van der Waals surface area contributed by atoms with Gasteiger partial charge in [0.15, 0.2) is 0 Å². The van der Waals surface area contributed by atoms with Crippen molar-refractivity contribution in [2.24, 2.45) is 0 Å². The molecule has 0 bridgehead atoms. The van der Waals surface area contributed by atoms with Crippen molar-refractivity contribution in [2.45, 2.75) is 12.1 Å². The number of hydrogen-bond donors (Lipinski definition) is 2. The van der Waals surface area contributed by atoms with Crippen LogP contribution in [0.25, 0.3) is 0 Å². The monoisotopic (exact) mass is 305 g/mol. The average Bonchev–Trinajstić information content (AvgIpc) is 2.54. The number of carbonyl (C=O) groups excluding carboxylic acids is 1. The summed E-state index contributed by atoms with van der Waals surface area (Å²) in [7, 11) is 0. The molecule has 7 heteroatoms. The summed E-state index contributed by atoms with van der Waals surface area (Å²) in [4.78, 5) is 22.0. The third-order valence-corrected chi connectivity index (χ3v) is 3.11. The SMILES string of the molecule is O=C(O)C(F)C1C(=O)Nc2c(Br)cc(F)cc21. The number of carboxylic acids is 1. The number of amides is 1. The van der Waals surface area contributed by atoms with Crippen molar-refractivity contribution in [1.82, 2.24) is 0 Å². The van der Waals surface area contributed by atoms with E-state index in [-0.39, 0.29) is 15.7 Å². The van der Waals surface area contributed by atoms with Gasteiger partial charge in [0.05, 0.1) is 5.69 Å². The lowest BCUT2D eigenvalue weighted by molar-refractivity contribution is -0.145. The maximum Gasteiger partial charge on any atom is 0.339 e. The van der Waals surface area contributed by atoms with Crippen LogP contribution in [0.3, 0.4) is 0 Å². The molecule has 4 nitrogen and oxygen atoms in total. The highest BCUT2D eigenvalue weighted by Crippen LogP contribution is 2.40. The van der Waals surface area contributed by atoms with Gasteiger partial charge in [-0.25, -0.2) is 13.6 Å². The molecule has 17 heavy (non-hydrogen) atoms. The molecule has 0 radical (unpaired) electrons. The van der Waals surface area contributed by atoms with Gasteiger partial charge in [-0.05, 0) is 33.6 Å². The summed E-state index contributed by atoms with van der Waals surface area (Å²) in [6.07, 6.45) is -2.40. The van der Waals surface area contributed by atoms with Gasteiger partial charge in [-0.2, -0.15) is 0 Å². The van der Waals surface area contributed by atoms with E-state index in [0.29, 0.717) is 0 Å². The molecule has 2 rings (SSSR count). The molecular formula is C10H6BrF2NO3. The third kappa shape index (κ3) is 1.90. The summed E-state index contributed by atoms with van der Waals surface area (Å²) < 4.78 is 26.8. The molecule has 0 aromatic heterocycles. The van der Waals surface area contributed by atoms with Crippen LogP contribution in [0.1, 0.15) is 11.5 Å². The summed E-state index contributed by atoms with van der Waals surface area (Å²) in [6.45, 7) is 0. The van der Waals surface area contributed by atoms with Crippen molar-refractivity contribution in [3.05, 3.63) is 28.0 Å². The summed E-state index contributed by atoms with van der Waals surface area (Å²) in [6, 6.07) is 2.06. The molecule has 1 aliphatic rings. The number of carboxylic acid groups (broad SMARTS) is 1. The fourth-order valence-corrected chi connectivity index (χ4v) is 2.29. The first-order valence-electron chi connectivity index (χ1n) is 4.58. The van der Waals surface area contributed by atoms with E-state index >= 15 is 0 Å². The van der Waals surface area contributed by atoms with Gasteiger partial charge in [0.2, 0.25) is 12.1 Å². The minimum Gasteiger partial charge on any atom is -0.479 e. The highest BCUT2D eigenvalue weighted by molar-refractivity contribution is 9.10. The minimum atomic E-state index is -2.40. The maximum atomic E-state index is 13.4. The van der Waals surface area contributed by atoms with Crippen LogP contribution < -0.4 is 5.32 Å². The molecule has 0 saturated carbocycles. The van der Waals surface area contributed by atoms with Gasteiger partial charge in [-0.3, -0.25) is 4.79 Å². The smallest absolute Gasteiger partial charge is 0.339 e. The predicted octanol–water partition coefficient (Wildman–Crippen LogP) is 2.05. The molecule has 0 aliphatic carbocycles. The normalized spacial score (nSPS) is 19.7. The highest BCUT2D eigenvalue weighted by Gasteiger charge is 2.42. The topological polar surface area (TPSA) is 66.4 Å². The number of rotatable bonds is 2. The molecular weight excluding hydrogens is 300 g/mol. The van der Waals surface area contributed by atoms with Crippen molar-refractivity contribution in [1.29, 1.82) is 0 Å². The maximum absolute atomic E-state index is 13.4. The lowest BCUT2D eigenvalue weighted by atomic mass is 9.96. The summed E-state index contributed by atoms with van der Waals surface area (Å²) in [5.41, 5.74) is 0.224. The molecule has 2 atom stereocenters. The van der Waals surface area contributed by atoms with Crippen LogP contribution >= 0.6 is 15.9 Å². The van der Waals surface area contributed by atoms with Crippen LogP contribution in [0, 0.1) is 5.82 Å². The fourth-order valence-electron chi connectivity index (χ4n) is 1.75. The Bertz CT molecular complexity index is 521. The molecule has 1 amide bonds. The van der Waals surface area contributed by atoms with E-state index in [2.05, 4.69) is 21.2 Å². The second-order valence-corrected chi connectivity index (χ2v) is 4.41. The van der Waals surface area contributed by atoms with Crippen LogP contribution in [-0.4, -0.2) is 23.2 Å². The zero-order chi connectivity index (χ0) is 12.7. The fraction of sp³-hybridized carbons (Fsp3) is 0.200. The van der Waals surface area contributed by atoms with E-state index in [0.717, 1.165) is 12.1 Å². The number of carbonyl (C=O) groups is 2. The van der Waals surface area contributed by atoms with Gasteiger partial charge in [-0.15, -0.1) is 0 Å². The van der Waals surface area contributed by atoms with Crippen molar-refractivity contribution in [2.75, 3.05) is 5.32 Å². The molecule has 0 saturated heterocycles. The second-order valence-electron chi connectivity index (χ2n) is 3.56. The first-order chi connectivity index (χ1) is 7.91. The number of benzene rings is 1. The lowest BCUT2D eigenvalue weighted by Gasteiger charge is -2.10. The van der Waals surface area contributed by atoms with Crippen LogP contribution in [0.15, 0.2) is 16.6 Å². The Morgan fingerprint density at radius 1 is 1.53 bits per heavy atom. The van der Waals surface area contributed by atoms with Crippen molar-refractivity contribution >= 4 is 33.5 Å². The Balaban J connectivity index is 2.54. The highest BCUT2D eigenvalue weighted by atomic mass is 79.9. The Morgan fingerprint density at radius 2 is 2.18 bits per heavy atom. The molecule has 0 spiro atoms. The molecule has 1 aromatic carbocycles. The Morgan fingerprint density at radius 3 is 2.76 bits per heavy atom. The van der Waals surface area contributed by atoms with Crippen molar-refractivity contribution in [3.63, 3.8) is 0 Å². The van der Waals surface area contributed by atoms with Gasteiger partial charge < -0.3 is 10.4 Å². The Labute approximate surface area is 103 Å². The zero-order valence-electron chi connectivity index (χ0n) is 8.21. The number of nitrogens with one attached hydrogen (secondary N) is 1. The molecule has 1 aromatic rings.